The molecule has 1 aromatic rings. The normalized spacial score (nSPS) is 14.4. The second-order valence-electron chi connectivity index (χ2n) is 2.73. The van der Waals surface area contributed by atoms with Gasteiger partial charge in [-0.2, -0.15) is 0 Å². The van der Waals surface area contributed by atoms with Crippen molar-refractivity contribution in [2.75, 3.05) is 7.05 Å². The first-order valence-electron chi connectivity index (χ1n) is 3.64. The number of aliphatic imine (C=N–C) groups is 1. The molecule has 0 aliphatic carbocycles. The van der Waals surface area contributed by atoms with E-state index >= 15 is 0 Å². The van der Waals surface area contributed by atoms with Crippen LogP contribution in [0.2, 0.25) is 0 Å². The number of fused-ring (bicyclic) bond motifs is 1. The third-order valence-electron chi connectivity index (χ3n) is 1.63. The van der Waals surface area contributed by atoms with Gasteiger partial charge in [-0.25, -0.2) is 14.8 Å². The lowest BCUT2D eigenvalue weighted by molar-refractivity contribution is 0.0696. The number of nitrogens with zero attached hydrogens (tertiary/aromatic N) is 3. The molecule has 0 aromatic carbocycles. The number of hydrogen-bond donors (Lipinski definition) is 1. The van der Waals surface area contributed by atoms with Crippen molar-refractivity contribution in [2.45, 2.75) is 6.54 Å². The molecule has 0 atom stereocenters. The molecular weight excluding hydrogens is 190 g/mol. The van der Waals surface area contributed by atoms with Gasteiger partial charge in [0, 0.05) is 7.05 Å². The SMILES string of the molecule is CN1C=Nc2nc(C(=O)O)sc2C1. The Kier molecular flexibility index (Phi) is 1.77. The summed E-state index contributed by atoms with van der Waals surface area (Å²) in [6.45, 7) is 0.684. The minimum atomic E-state index is -0.989. The summed E-state index contributed by atoms with van der Waals surface area (Å²) in [5, 5.41) is 8.79. The molecule has 6 heteroatoms. The van der Waals surface area contributed by atoms with Crippen LogP contribution < -0.4 is 0 Å². The van der Waals surface area contributed by atoms with Crippen molar-refractivity contribution in [1.29, 1.82) is 0 Å². The highest BCUT2D eigenvalue weighted by molar-refractivity contribution is 7.14. The Labute approximate surface area is 78.4 Å². The molecule has 0 saturated carbocycles. The van der Waals surface area contributed by atoms with Crippen LogP contribution >= 0.6 is 11.3 Å². The van der Waals surface area contributed by atoms with Crippen molar-refractivity contribution in [3.8, 4) is 0 Å². The molecule has 1 aliphatic rings. The number of rotatable bonds is 1. The van der Waals surface area contributed by atoms with Crippen LogP contribution in [-0.4, -0.2) is 34.3 Å². The number of carboxylic acid groups (broad SMARTS) is 1. The monoisotopic (exact) mass is 197 g/mol. The molecule has 1 N–H and O–H groups in total. The minimum absolute atomic E-state index is 0.109. The molecular formula is C7H7N3O2S. The van der Waals surface area contributed by atoms with Gasteiger partial charge in [-0.05, 0) is 0 Å². The number of carboxylic acids is 1. The minimum Gasteiger partial charge on any atom is -0.476 e. The quantitative estimate of drug-likeness (QED) is 0.727. The molecule has 2 heterocycles. The van der Waals surface area contributed by atoms with Crippen LogP contribution in [-0.2, 0) is 6.54 Å². The van der Waals surface area contributed by atoms with Gasteiger partial charge in [0.1, 0.15) is 0 Å². The molecule has 1 aliphatic heterocycles. The first-order chi connectivity index (χ1) is 6.16. The maximum absolute atomic E-state index is 10.6. The zero-order chi connectivity index (χ0) is 9.42. The van der Waals surface area contributed by atoms with Crippen LogP contribution in [0, 0.1) is 0 Å². The maximum Gasteiger partial charge on any atom is 0.365 e. The Morgan fingerprint density at radius 2 is 2.54 bits per heavy atom. The number of thiazole rings is 1. The molecule has 1 aromatic heterocycles. The summed E-state index contributed by atoms with van der Waals surface area (Å²) in [4.78, 5) is 21.3. The van der Waals surface area contributed by atoms with E-state index < -0.39 is 5.97 Å². The Morgan fingerprint density at radius 3 is 3.23 bits per heavy atom. The van der Waals surface area contributed by atoms with Gasteiger partial charge in [-0.15, -0.1) is 11.3 Å². The van der Waals surface area contributed by atoms with E-state index in [1.54, 1.807) is 6.34 Å². The molecule has 0 spiro atoms. The van der Waals surface area contributed by atoms with E-state index in [1.807, 2.05) is 11.9 Å². The smallest absolute Gasteiger partial charge is 0.365 e. The first-order valence-corrected chi connectivity index (χ1v) is 4.46. The molecule has 68 valence electrons. The van der Waals surface area contributed by atoms with E-state index in [4.69, 9.17) is 5.11 Å². The highest BCUT2D eigenvalue weighted by Crippen LogP contribution is 2.28. The van der Waals surface area contributed by atoms with Crippen LogP contribution in [0.3, 0.4) is 0 Å². The number of hydrogen-bond acceptors (Lipinski definition) is 5. The molecule has 0 amide bonds. The first kappa shape index (κ1) is 8.18. The van der Waals surface area contributed by atoms with Crippen LogP contribution in [0.15, 0.2) is 4.99 Å². The molecule has 0 fully saturated rings. The molecule has 2 rings (SSSR count). The van der Waals surface area contributed by atoms with Crippen molar-refractivity contribution in [3.05, 3.63) is 9.88 Å². The van der Waals surface area contributed by atoms with Gasteiger partial charge < -0.3 is 10.0 Å². The fourth-order valence-electron chi connectivity index (χ4n) is 1.06. The van der Waals surface area contributed by atoms with Crippen LogP contribution in [0.5, 0.6) is 0 Å². The Hall–Kier alpha value is -1.43. The lowest BCUT2D eigenvalue weighted by Crippen LogP contribution is -2.17. The lowest BCUT2D eigenvalue weighted by Gasteiger charge is -2.14. The van der Waals surface area contributed by atoms with Gasteiger partial charge in [0.2, 0.25) is 5.01 Å². The largest absolute Gasteiger partial charge is 0.476 e. The van der Waals surface area contributed by atoms with E-state index in [0.717, 1.165) is 4.88 Å². The van der Waals surface area contributed by atoms with E-state index in [9.17, 15) is 4.79 Å². The zero-order valence-electron chi connectivity index (χ0n) is 6.89. The summed E-state index contributed by atoms with van der Waals surface area (Å²) in [6, 6.07) is 0. The van der Waals surface area contributed by atoms with Gasteiger partial charge in [-0.1, -0.05) is 0 Å². The van der Waals surface area contributed by atoms with Crippen molar-refractivity contribution < 1.29 is 9.90 Å². The zero-order valence-corrected chi connectivity index (χ0v) is 7.71. The van der Waals surface area contributed by atoms with E-state index in [-0.39, 0.29) is 5.01 Å². The molecule has 13 heavy (non-hydrogen) atoms. The number of aromatic nitrogens is 1. The van der Waals surface area contributed by atoms with E-state index in [1.165, 1.54) is 11.3 Å². The van der Waals surface area contributed by atoms with E-state index in [2.05, 4.69) is 9.98 Å². The van der Waals surface area contributed by atoms with Crippen molar-refractivity contribution in [1.82, 2.24) is 9.88 Å². The average molecular weight is 197 g/mol. The van der Waals surface area contributed by atoms with Crippen LogP contribution in [0.4, 0.5) is 5.82 Å². The van der Waals surface area contributed by atoms with Crippen molar-refractivity contribution >= 4 is 29.5 Å². The highest BCUT2D eigenvalue weighted by atomic mass is 32.1. The molecule has 5 nitrogen and oxygen atoms in total. The standard InChI is InChI=1S/C7H7N3O2S/c1-10-2-4-5(8-3-10)9-6(13-4)7(11)12/h3H,2H2,1H3,(H,11,12). The van der Waals surface area contributed by atoms with Crippen molar-refractivity contribution in [2.24, 2.45) is 4.99 Å². The fourth-order valence-corrected chi connectivity index (χ4v) is 1.97. The van der Waals surface area contributed by atoms with Gasteiger partial charge in [0.05, 0.1) is 17.8 Å². The Balaban J connectivity index is 2.41. The van der Waals surface area contributed by atoms with Crippen molar-refractivity contribution in [3.63, 3.8) is 0 Å². The topological polar surface area (TPSA) is 65.8 Å². The third-order valence-corrected chi connectivity index (χ3v) is 2.65. The number of carbonyl (C=O) groups is 1. The predicted octanol–water partition coefficient (Wildman–Crippen LogP) is 0.947. The summed E-state index contributed by atoms with van der Waals surface area (Å²) in [6.07, 6.45) is 1.65. The molecule has 0 bridgehead atoms. The van der Waals surface area contributed by atoms with Gasteiger partial charge in [0.25, 0.3) is 0 Å². The summed E-state index contributed by atoms with van der Waals surface area (Å²) in [7, 11) is 1.88. The van der Waals surface area contributed by atoms with E-state index in [0.29, 0.717) is 12.4 Å². The van der Waals surface area contributed by atoms with Crippen LogP contribution in [0.25, 0.3) is 0 Å². The van der Waals surface area contributed by atoms with Gasteiger partial charge in [-0.3, -0.25) is 0 Å². The molecule has 0 unspecified atom stereocenters. The van der Waals surface area contributed by atoms with Crippen LogP contribution in [0.1, 0.15) is 14.7 Å². The third kappa shape index (κ3) is 1.40. The summed E-state index contributed by atoms with van der Waals surface area (Å²) in [5.41, 5.74) is 0. The highest BCUT2D eigenvalue weighted by Gasteiger charge is 2.18. The summed E-state index contributed by atoms with van der Waals surface area (Å²) >= 11 is 1.18. The maximum atomic E-state index is 10.6. The lowest BCUT2D eigenvalue weighted by atomic mass is 10.4. The summed E-state index contributed by atoms with van der Waals surface area (Å²) < 4.78 is 0. The summed E-state index contributed by atoms with van der Waals surface area (Å²) in [5.74, 6) is -0.447. The molecule has 0 radical (unpaired) electrons. The average Bonchev–Trinajstić information content (AvgIpc) is 2.46. The van der Waals surface area contributed by atoms with Gasteiger partial charge in [0.15, 0.2) is 5.82 Å². The Morgan fingerprint density at radius 1 is 1.77 bits per heavy atom. The number of aromatic carboxylic acids is 1. The van der Waals surface area contributed by atoms with Gasteiger partial charge >= 0.3 is 5.97 Å². The second-order valence-corrected chi connectivity index (χ2v) is 3.81. The Bertz CT molecular complexity index is 385. The predicted molar refractivity (Wildman–Crippen MR) is 48.7 cm³/mol. The molecule has 0 saturated heterocycles. The fraction of sp³-hybridized carbons (Fsp3) is 0.286. The second kappa shape index (κ2) is 2.81.